The van der Waals surface area contributed by atoms with E-state index in [0.717, 1.165) is 18.5 Å². The average molecular weight is 265 g/mol. The van der Waals surface area contributed by atoms with Crippen molar-refractivity contribution in [3.63, 3.8) is 0 Å². The van der Waals surface area contributed by atoms with Crippen LogP contribution in [0.5, 0.6) is 0 Å². The van der Waals surface area contributed by atoms with E-state index < -0.39 is 0 Å². The zero-order valence-electron chi connectivity index (χ0n) is 11.7. The predicted molar refractivity (Wildman–Crippen MR) is 80.7 cm³/mol. The van der Waals surface area contributed by atoms with Crippen LogP contribution < -0.4 is 5.32 Å². The van der Waals surface area contributed by atoms with Gasteiger partial charge in [-0.25, -0.2) is 0 Å². The fraction of sp³-hybridized carbons (Fsp3) is 0.278. The van der Waals surface area contributed by atoms with Gasteiger partial charge in [-0.15, -0.1) is 0 Å². The van der Waals surface area contributed by atoms with E-state index in [1.54, 1.807) is 0 Å². The monoisotopic (exact) mass is 265 g/mol. The van der Waals surface area contributed by atoms with Gasteiger partial charge in [0.05, 0.1) is 5.92 Å². The van der Waals surface area contributed by atoms with E-state index in [1.165, 1.54) is 11.1 Å². The van der Waals surface area contributed by atoms with E-state index in [9.17, 15) is 4.79 Å². The summed E-state index contributed by atoms with van der Waals surface area (Å²) in [4.78, 5) is 12.4. The van der Waals surface area contributed by atoms with Crippen LogP contribution in [0.25, 0.3) is 0 Å². The first-order valence-electron chi connectivity index (χ1n) is 7.15. The highest BCUT2D eigenvalue weighted by molar-refractivity contribution is 5.85. The molecule has 0 spiro atoms. The summed E-state index contributed by atoms with van der Waals surface area (Å²) in [5, 5.41) is 3.01. The molecule has 1 amide bonds. The predicted octanol–water partition coefficient (Wildman–Crippen LogP) is 3.38. The van der Waals surface area contributed by atoms with Gasteiger partial charge >= 0.3 is 0 Å². The van der Waals surface area contributed by atoms with Crippen molar-refractivity contribution in [1.29, 1.82) is 0 Å². The molecule has 0 bridgehead atoms. The Hall–Kier alpha value is -2.09. The number of amides is 1. The summed E-state index contributed by atoms with van der Waals surface area (Å²) in [7, 11) is 0. The van der Waals surface area contributed by atoms with Crippen LogP contribution in [0.15, 0.2) is 54.6 Å². The summed E-state index contributed by atoms with van der Waals surface area (Å²) in [6.45, 7) is 2.83. The average Bonchev–Trinajstić information content (AvgIpc) is 2.49. The first kappa shape index (κ1) is 12.9. The highest BCUT2D eigenvalue weighted by Gasteiger charge is 2.33. The summed E-state index contributed by atoms with van der Waals surface area (Å²) in [6.07, 6.45) is 0.994. The van der Waals surface area contributed by atoms with Crippen molar-refractivity contribution in [1.82, 2.24) is 5.32 Å². The molecule has 2 heteroatoms. The minimum absolute atomic E-state index is 0.0771. The van der Waals surface area contributed by atoms with Gasteiger partial charge in [-0.05, 0) is 24.5 Å². The van der Waals surface area contributed by atoms with Crippen LogP contribution in [-0.4, -0.2) is 12.5 Å². The molecule has 0 radical (unpaired) electrons. The quantitative estimate of drug-likeness (QED) is 0.886. The van der Waals surface area contributed by atoms with Crippen molar-refractivity contribution in [2.45, 2.75) is 25.2 Å². The first-order valence-corrected chi connectivity index (χ1v) is 7.15. The highest BCUT2D eigenvalue weighted by Crippen LogP contribution is 2.37. The van der Waals surface area contributed by atoms with Crippen LogP contribution in [0.2, 0.25) is 0 Å². The molecule has 1 fully saturated rings. The van der Waals surface area contributed by atoms with Gasteiger partial charge in [0, 0.05) is 12.5 Å². The van der Waals surface area contributed by atoms with Gasteiger partial charge in [0.25, 0.3) is 0 Å². The fourth-order valence-corrected chi connectivity index (χ4v) is 3.03. The summed E-state index contributed by atoms with van der Waals surface area (Å²) < 4.78 is 0. The largest absolute Gasteiger partial charge is 0.356 e. The summed E-state index contributed by atoms with van der Waals surface area (Å²) >= 11 is 0. The van der Waals surface area contributed by atoms with Crippen molar-refractivity contribution in [2.75, 3.05) is 6.54 Å². The third kappa shape index (κ3) is 2.46. The van der Waals surface area contributed by atoms with Crippen molar-refractivity contribution < 1.29 is 4.79 Å². The molecule has 1 aliphatic rings. The maximum atomic E-state index is 12.4. The van der Waals surface area contributed by atoms with Gasteiger partial charge in [-0.3, -0.25) is 4.79 Å². The molecular weight excluding hydrogens is 246 g/mol. The van der Waals surface area contributed by atoms with Crippen LogP contribution >= 0.6 is 0 Å². The topological polar surface area (TPSA) is 29.1 Å². The Morgan fingerprint density at radius 1 is 0.950 bits per heavy atom. The molecule has 1 aliphatic heterocycles. The lowest BCUT2D eigenvalue weighted by Crippen LogP contribution is -2.39. The molecule has 3 rings (SSSR count). The van der Waals surface area contributed by atoms with E-state index in [2.05, 4.69) is 48.6 Å². The second kappa shape index (κ2) is 5.49. The van der Waals surface area contributed by atoms with Gasteiger partial charge in [0.1, 0.15) is 0 Å². The van der Waals surface area contributed by atoms with E-state index >= 15 is 0 Å². The number of carbonyl (C=O) groups is 1. The molecular formula is C18H19NO. The third-order valence-electron chi connectivity index (χ3n) is 4.10. The molecule has 1 N–H and O–H groups in total. The molecule has 2 aromatic carbocycles. The Labute approximate surface area is 119 Å². The lowest BCUT2D eigenvalue weighted by Gasteiger charge is -2.32. The van der Waals surface area contributed by atoms with Gasteiger partial charge in [0.15, 0.2) is 0 Å². The van der Waals surface area contributed by atoms with Gasteiger partial charge in [0.2, 0.25) is 5.91 Å². The van der Waals surface area contributed by atoms with Gasteiger partial charge in [-0.2, -0.15) is 0 Å². The molecule has 1 saturated heterocycles. The van der Waals surface area contributed by atoms with E-state index in [1.807, 2.05) is 18.2 Å². The third-order valence-corrected chi connectivity index (χ3v) is 4.10. The van der Waals surface area contributed by atoms with Gasteiger partial charge < -0.3 is 5.32 Å². The molecule has 2 nitrogen and oxygen atoms in total. The summed E-state index contributed by atoms with van der Waals surface area (Å²) in [5.74, 6) is 0.341. The molecule has 1 heterocycles. The lowest BCUT2D eigenvalue weighted by molar-refractivity contribution is -0.124. The fourth-order valence-electron chi connectivity index (χ4n) is 3.03. The molecule has 2 aromatic rings. The zero-order valence-corrected chi connectivity index (χ0v) is 11.7. The van der Waals surface area contributed by atoms with Gasteiger partial charge in [-0.1, -0.05) is 60.2 Å². The summed E-state index contributed by atoms with van der Waals surface area (Å²) in [6, 6.07) is 18.7. The molecule has 0 aliphatic carbocycles. The maximum absolute atomic E-state index is 12.4. The molecule has 102 valence electrons. The number of hydrogen-bond acceptors (Lipinski definition) is 1. The number of nitrogens with one attached hydrogen (secondary N) is 1. The Bertz CT molecular complexity index is 589. The highest BCUT2D eigenvalue weighted by atomic mass is 16.1. The zero-order chi connectivity index (χ0) is 13.9. The minimum Gasteiger partial charge on any atom is -0.356 e. The Morgan fingerprint density at radius 2 is 1.65 bits per heavy atom. The molecule has 0 aromatic heterocycles. The van der Waals surface area contributed by atoms with E-state index in [0.29, 0.717) is 0 Å². The molecule has 0 unspecified atom stereocenters. The van der Waals surface area contributed by atoms with E-state index in [4.69, 9.17) is 0 Å². The second-order valence-corrected chi connectivity index (χ2v) is 5.49. The second-order valence-electron chi connectivity index (χ2n) is 5.49. The number of carbonyl (C=O) groups excluding carboxylic acids is 1. The number of rotatable bonds is 2. The number of hydrogen-bond donors (Lipinski definition) is 1. The minimum atomic E-state index is -0.0771. The maximum Gasteiger partial charge on any atom is 0.228 e. The number of piperidine rings is 1. The summed E-state index contributed by atoms with van der Waals surface area (Å²) in [5.41, 5.74) is 3.59. The first-order chi connectivity index (χ1) is 9.75. The SMILES string of the molecule is Cc1ccc([C@@H]2C(=O)NCC[C@@H]2c2ccccc2)cc1. The Balaban J connectivity index is 1.99. The van der Waals surface area contributed by atoms with Crippen LogP contribution in [0.3, 0.4) is 0 Å². The number of aryl methyl sites for hydroxylation is 1. The van der Waals surface area contributed by atoms with Crippen molar-refractivity contribution >= 4 is 5.91 Å². The van der Waals surface area contributed by atoms with E-state index in [-0.39, 0.29) is 17.7 Å². The number of benzene rings is 2. The van der Waals surface area contributed by atoms with Crippen LogP contribution in [0.1, 0.15) is 34.9 Å². The van der Waals surface area contributed by atoms with Crippen LogP contribution in [-0.2, 0) is 4.79 Å². The molecule has 20 heavy (non-hydrogen) atoms. The van der Waals surface area contributed by atoms with Crippen LogP contribution in [0, 0.1) is 6.92 Å². The smallest absolute Gasteiger partial charge is 0.228 e. The normalized spacial score (nSPS) is 22.4. The van der Waals surface area contributed by atoms with Crippen LogP contribution in [0.4, 0.5) is 0 Å². The molecule has 2 atom stereocenters. The lowest BCUT2D eigenvalue weighted by atomic mass is 9.77. The van der Waals surface area contributed by atoms with Crippen molar-refractivity contribution in [3.8, 4) is 0 Å². The van der Waals surface area contributed by atoms with Crippen molar-refractivity contribution in [2.24, 2.45) is 0 Å². The molecule has 0 saturated carbocycles. The van der Waals surface area contributed by atoms with Crippen molar-refractivity contribution in [3.05, 3.63) is 71.3 Å². The Morgan fingerprint density at radius 3 is 2.35 bits per heavy atom. The Kier molecular flexibility index (Phi) is 3.55. The standard InChI is InChI=1S/C18H19NO/c1-13-7-9-15(10-8-13)17-16(11-12-19-18(17)20)14-5-3-2-4-6-14/h2-10,16-17H,11-12H2,1H3,(H,19,20)/t16-,17+/m1/s1.